The van der Waals surface area contributed by atoms with E-state index in [4.69, 9.17) is 49.0 Å². The predicted octanol–water partition coefficient (Wildman–Crippen LogP) is 5.36. The van der Waals surface area contributed by atoms with Crippen LogP contribution in [-0.4, -0.2) is 26.1 Å². The van der Waals surface area contributed by atoms with Crippen LogP contribution >= 0.6 is 34.8 Å². The maximum Gasteiger partial charge on any atom is 0.249 e. The van der Waals surface area contributed by atoms with Crippen molar-refractivity contribution in [2.45, 2.75) is 51.9 Å². The van der Waals surface area contributed by atoms with E-state index in [-0.39, 0.29) is 32.0 Å². The van der Waals surface area contributed by atoms with E-state index in [9.17, 15) is 0 Å². The number of ether oxygens (including phenoxy) is 3. The number of rotatable bonds is 4. The molecule has 6 heteroatoms. The van der Waals surface area contributed by atoms with Gasteiger partial charge in [0, 0.05) is 19.6 Å². The molecule has 0 aromatic carbocycles. The van der Waals surface area contributed by atoms with Crippen molar-refractivity contribution in [1.82, 2.24) is 0 Å². The molecule has 23 heavy (non-hydrogen) atoms. The van der Waals surface area contributed by atoms with Gasteiger partial charge in [0.1, 0.15) is 21.2 Å². The maximum atomic E-state index is 6.48. The van der Waals surface area contributed by atoms with Crippen LogP contribution in [0.15, 0.2) is 20.9 Å². The monoisotopic (exact) mass is 380 g/mol. The highest BCUT2D eigenvalue weighted by Crippen LogP contribution is 2.67. The Balaban J connectivity index is 1.94. The summed E-state index contributed by atoms with van der Waals surface area (Å²) in [5.41, 5.74) is 0.333. The summed E-state index contributed by atoms with van der Waals surface area (Å²) in [6.07, 6.45) is 3.46. The van der Waals surface area contributed by atoms with Gasteiger partial charge in [-0.15, -0.1) is 0 Å². The Labute approximate surface area is 152 Å². The zero-order chi connectivity index (χ0) is 17.2. The van der Waals surface area contributed by atoms with Gasteiger partial charge in [0.15, 0.2) is 5.76 Å². The molecule has 0 radical (unpaired) electrons. The lowest BCUT2D eigenvalue weighted by Crippen LogP contribution is -2.37. The summed E-state index contributed by atoms with van der Waals surface area (Å²) in [6.45, 7) is 6.96. The summed E-state index contributed by atoms with van der Waals surface area (Å²) in [7, 11) is 2.95. The van der Waals surface area contributed by atoms with Crippen molar-refractivity contribution in [3.63, 3.8) is 0 Å². The van der Waals surface area contributed by atoms with Gasteiger partial charge in [-0.2, -0.15) is 0 Å². The smallest absolute Gasteiger partial charge is 0.249 e. The minimum Gasteiger partial charge on any atom is -0.487 e. The fraction of sp³-hybridized carbons (Fsp3) is 0.765. The van der Waals surface area contributed by atoms with Gasteiger partial charge < -0.3 is 14.2 Å². The molecule has 2 fully saturated rings. The van der Waals surface area contributed by atoms with E-state index in [1.807, 2.05) is 0 Å². The molecule has 0 N–H and O–H groups in total. The second-order valence-corrected chi connectivity index (χ2v) is 8.65. The fourth-order valence-electron chi connectivity index (χ4n) is 4.58. The zero-order valence-electron chi connectivity index (χ0n) is 14.1. The highest BCUT2D eigenvalue weighted by atomic mass is 35.5. The SMILES string of the molecule is COC1(OC)C(Cl)=C(Cl)C(O[C@@H]2C[C@@H]3CC[C@@]2(C)C3(C)C)=C1Cl. The first-order valence-electron chi connectivity index (χ1n) is 7.89. The Kier molecular flexibility index (Phi) is 4.30. The molecule has 3 rings (SSSR count). The normalized spacial score (nSPS) is 37.9. The molecule has 3 atom stereocenters. The number of fused-ring (bicyclic) bond motifs is 2. The number of methoxy groups -OCH3 is 2. The highest BCUT2D eigenvalue weighted by Gasteiger charge is 2.63. The Morgan fingerprint density at radius 2 is 1.61 bits per heavy atom. The van der Waals surface area contributed by atoms with E-state index < -0.39 is 5.79 Å². The molecular weight excluding hydrogens is 359 g/mol. The Morgan fingerprint density at radius 1 is 1.00 bits per heavy atom. The zero-order valence-corrected chi connectivity index (χ0v) is 16.4. The molecule has 0 unspecified atom stereocenters. The molecule has 0 spiro atoms. The standard InChI is InChI=1S/C17H23Cl3O3/c1-15(2)9-6-7-16(15,3)10(8-9)23-12-11(18)13(19)17(21-4,22-5)14(12)20/h9-10H,6-8H2,1-5H3/t9-,10+,16+/m0/s1. The molecule has 3 aliphatic carbocycles. The second kappa shape index (κ2) is 5.54. The van der Waals surface area contributed by atoms with Crippen LogP contribution in [-0.2, 0) is 14.2 Å². The number of allylic oxidation sites excluding steroid dienone is 1. The first-order chi connectivity index (χ1) is 10.7. The van der Waals surface area contributed by atoms with E-state index in [1.165, 1.54) is 20.6 Å². The van der Waals surface area contributed by atoms with Crippen molar-refractivity contribution >= 4 is 34.8 Å². The lowest BCUT2D eigenvalue weighted by molar-refractivity contribution is -0.139. The number of hydrogen-bond donors (Lipinski definition) is 0. The first-order valence-corrected chi connectivity index (χ1v) is 9.02. The van der Waals surface area contributed by atoms with Crippen LogP contribution in [0.2, 0.25) is 0 Å². The summed E-state index contributed by atoms with van der Waals surface area (Å²) < 4.78 is 17.1. The Bertz CT molecular complexity index is 592. The molecule has 0 saturated heterocycles. The topological polar surface area (TPSA) is 27.7 Å². The molecule has 0 aromatic heterocycles. The average molecular weight is 382 g/mol. The van der Waals surface area contributed by atoms with Gasteiger partial charge >= 0.3 is 0 Å². The predicted molar refractivity (Wildman–Crippen MR) is 92.5 cm³/mol. The van der Waals surface area contributed by atoms with Gasteiger partial charge in [-0.3, -0.25) is 0 Å². The highest BCUT2D eigenvalue weighted by molar-refractivity contribution is 6.45. The Morgan fingerprint density at radius 3 is 2.00 bits per heavy atom. The number of halogens is 3. The third kappa shape index (κ3) is 2.10. The Hall–Kier alpha value is 0.0700. The van der Waals surface area contributed by atoms with E-state index >= 15 is 0 Å². The molecule has 3 nitrogen and oxygen atoms in total. The van der Waals surface area contributed by atoms with Crippen molar-refractivity contribution in [3.8, 4) is 0 Å². The van der Waals surface area contributed by atoms with E-state index in [2.05, 4.69) is 20.8 Å². The molecule has 3 aliphatic rings. The molecule has 0 amide bonds. The van der Waals surface area contributed by atoms with Gasteiger partial charge in [-0.05, 0) is 30.6 Å². The van der Waals surface area contributed by atoms with Crippen LogP contribution in [0.5, 0.6) is 0 Å². The third-order valence-corrected chi connectivity index (χ3v) is 8.03. The van der Waals surface area contributed by atoms with Crippen molar-refractivity contribution in [2.24, 2.45) is 16.7 Å². The van der Waals surface area contributed by atoms with Crippen LogP contribution in [0, 0.1) is 16.7 Å². The second-order valence-electron chi connectivity index (χ2n) is 7.51. The van der Waals surface area contributed by atoms with Crippen molar-refractivity contribution < 1.29 is 14.2 Å². The molecule has 0 heterocycles. The fourth-order valence-corrected chi connectivity index (χ4v) is 5.66. The first kappa shape index (κ1) is 17.9. The van der Waals surface area contributed by atoms with E-state index in [1.54, 1.807) is 0 Å². The quantitative estimate of drug-likeness (QED) is 0.613. The van der Waals surface area contributed by atoms with E-state index in [0.29, 0.717) is 11.7 Å². The summed E-state index contributed by atoms with van der Waals surface area (Å²) >= 11 is 19.2. The molecular formula is C17H23Cl3O3. The molecule has 0 aromatic rings. The third-order valence-electron chi connectivity index (χ3n) is 6.72. The number of hydrogen-bond acceptors (Lipinski definition) is 3. The molecule has 2 saturated carbocycles. The van der Waals surface area contributed by atoms with Crippen LogP contribution in [0.3, 0.4) is 0 Å². The largest absolute Gasteiger partial charge is 0.487 e. The van der Waals surface area contributed by atoms with Crippen LogP contribution < -0.4 is 0 Å². The van der Waals surface area contributed by atoms with Crippen LogP contribution in [0.1, 0.15) is 40.0 Å². The minimum absolute atomic E-state index is 0.0581. The molecule has 130 valence electrons. The summed E-state index contributed by atoms with van der Waals surface area (Å²) in [5.74, 6) is -0.313. The summed E-state index contributed by atoms with van der Waals surface area (Å²) in [6, 6.07) is 0. The average Bonchev–Trinajstić information content (AvgIpc) is 2.93. The molecule has 2 bridgehead atoms. The van der Waals surface area contributed by atoms with Gasteiger partial charge in [-0.25, -0.2) is 0 Å². The summed E-state index contributed by atoms with van der Waals surface area (Å²) in [5, 5.41) is 0.725. The van der Waals surface area contributed by atoms with Crippen LogP contribution in [0.4, 0.5) is 0 Å². The maximum absolute atomic E-state index is 6.48. The van der Waals surface area contributed by atoms with Gasteiger partial charge in [0.2, 0.25) is 5.79 Å². The lowest BCUT2D eigenvalue weighted by Gasteiger charge is -2.39. The minimum atomic E-state index is -1.36. The van der Waals surface area contributed by atoms with Crippen molar-refractivity contribution in [3.05, 3.63) is 20.9 Å². The van der Waals surface area contributed by atoms with Crippen LogP contribution in [0.25, 0.3) is 0 Å². The van der Waals surface area contributed by atoms with Crippen molar-refractivity contribution in [2.75, 3.05) is 14.2 Å². The summed E-state index contributed by atoms with van der Waals surface area (Å²) in [4.78, 5) is 0. The van der Waals surface area contributed by atoms with Gasteiger partial charge in [0.05, 0.1) is 0 Å². The lowest BCUT2D eigenvalue weighted by atomic mass is 9.70. The van der Waals surface area contributed by atoms with E-state index in [0.717, 1.165) is 12.8 Å². The van der Waals surface area contributed by atoms with Gasteiger partial charge in [-0.1, -0.05) is 55.6 Å². The van der Waals surface area contributed by atoms with Gasteiger partial charge in [0.25, 0.3) is 0 Å². The molecule has 0 aliphatic heterocycles. The van der Waals surface area contributed by atoms with Crippen molar-refractivity contribution in [1.29, 1.82) is 0 Å².